The molecule has 2 nitrogen and oxygen atoms in total. The predicted molar refractivity (Wildman–Crippen MR) is 197 cm³/mol. The number of benzene rings is 1. The van der Waals surface area contributed by atoms with Crippen LogP contribution >= 0.6 is 0 Å². The van der Waals surface area contributed by atoms with E-state index in [9.17, 15) is 0 Å². The molecule has 1 atom stereocenters. The first-order valence-electron chi connectivity index (χ1n) is 20.1. The van der Waals surface area contributed by atoms with E-state index in [0.29, 0.717) is 6.17 Å². The van der Waals surface area contributed by atoms with Gasteiger partial charge in [0.25, 0.3) is 0 Å². The van der Waals surface area contributed by atoms with Gasteiger partial charge in [-0.2, -0.15) is 0 Å². The highest BCUT2D eigenvalue weighted by Gasteiger charge is 2.25. The Morgan fingerprint density at radius 1 is 0.409 bits per heavy atom. The Labute approximate surface area is 276 Å². The smallest absolute Gasteiger partial charge is 0.101 e. The topological polar surface area (TPSA) is 6.48 Å². The van der Waals surface area contributed by atoms with E-state index in [-0.39, 0.29) is 0 Å². The molecule has 1 aliphatic heterocycles. The second kappa shape index (κ2) is 29.0. The molecule has 0 saturated heterocycles. The Hall–Kier alpha value is -1.44. The third-order valence-corrected chi connectivity index (χ3v) is 10.0. The Kier molecular flexibility index (Phi) is 25.5. The van der Waals surface area contributed by atoms with Crippen LogP contribution in [0.1, 0.15) is 206 Å². The summed E-state index contributed by atoms with van der Waals surface area (Å²) in [5.41, 5.74) is 1.43. The van der Waals surface area contributed by atoms with Crippen LogP contribution in [0, 0.1) is 0 Å². The summed E-state index contributed by atoms with van der Waals surface area (Å²) in [4.78, 5) is 5.28. The maximum Gasteiger partial charge on any atom is 0.101 e. The number of rotatable bonds is 32. The van der Waals surface area contributed by atoms with Crippen molar-refractivity contribution in [1.29, 1.82) is 0 Å². The molecule has 0 fully saturated rings. The van der Waals surface area contributed by atoms with Gasteiger partial charge in [0.05, 0.1) is 0 Å². The van der Waals surface area contributed by atoms with E-state index in [1.807, 2.05) is 0 Å². The predicted octanol–water partition coefficient (Wildman–Crippen LogP) is 14.0. The highest BCUT2D eigenvalue weighted by Crippen LogP contribution is 2.25. The van der Waals surface area contributed by atoms with Gasteiger partial charge in [-0.05, 0) is 24.8 Å². The minimum Gasteiger partial charge on any atom is -0.356 e. The van der Waals surface area contributed by atoms with Gasteiger partial charge in [0, 0.05) is 25.5 Å². The van der Waals surface area contributed by atoms with Gasteiger partial charge < -0.3 is 9.80 Å². The van der Waals surface area contributed by atoms with Crippen molar-refractivity contribution in [3.05, 3.63) is 48.3 Å². The molecule has 0 amide bonds. The molecule has 1 aromatic carbocycles. The molecule has 0 spiro atoms. The average Bonchev–Trinajstić information content (AvgIpc) is 3.42. The molecule has 0 saturated carbocycles. The van der Waals surface area contributed by atoms with Crippen molar-refractivity contribution >= 4 is 0 Å². The quantitative estimate of drug-likeness (QED) is 0.0751. The lowest BCUT2D eigenvalue weighted by atomic mass is 10.0. The Morgan fingerprint density at radius 3 is 1.20 bits per heavy atom. The van der Waals surface area contributed by atoms with Crippen LogP contribution in [0.15, 0.2) is 42.7 Å². The van der Waals surface area contributed by atoms with Crippen molar-refractivity contribution in [2.75, 3.05) is 6.54 Å². The molecular weight excluding hydrogens is 532 g/mol. The van der Waals surface area contributed by atoms with Crippen LogP contribution in [0.25, 0.3) is 0 Å². The average molecular weight is 609 g/mol. The van der Waals surface area contributed by atoms with Gasteiger partial charge in [0.1, 0.15) is 6.17 Å². The van der Waals surface area contributed by atoms with E-state index in [2.05, 4.69) is 66.4 Å². The molecule has 2 rings (SSSR count). The summed E-state index contributed by atoms with van der Waals surface area (Å²) in [7, 11) is 0. The second-order valence-electron chi connectivity index (χ2n) is 14.2. The van der Waals surface area contributed by atoms with Crippen molar-refractivity contribution in [3.8, 4) is 0 Å². The van der Waals surface area contributed by atoms with Gasteiger partial charge >= 0.3 is 0 Å². The van der Waals surface area contributed by atoms with E-state index < -0.39 is 0 Å². The lowest BCUT2D eigenvalue weighted by molar-refractivity contribution is 0.132. The van der Waals surface area contributed by atoms with E-state index in [0.717, 1.165) is 6.54 Å². The molecule has 1 heterocycles. The molecule has 254 valence electrons. The number of unbranched alkanes of at least 4 members (excludes halogenated alkanes) is 26. The Morgan fingerprint density at radius 2 is 0.773 bits per heavy atom. The molecule has 0 N–H and O–H groups in total. The fraction of sp³-hybridized carbons (Fsp3) is 0.810. The first-order chi connectivity index (χ1) is 21.8. The number of hydrogen-bond donors (Lipinski definition) is 0. The van der Waals surface area contributed by atoms with Crippen molar-refractivity contribution in [3.63, 3.8) is 0 Å². The van der Waals surface area contributed by atoms with Crippen LogP contribution in [0.4, 0.5) is 0 Å². The zero-order chi connectivity index (χ0) is 31.2. The zero-order valence-electron chi connectivity index (χ0n) is 29.9. The van der Waals surface area contributed by atoms with Gasteiger partial charge in [-0.25, -0.2) is 0 Å². The largest absolute Gasteiger partial charge is 0.356 e. The fourth-order valence-electron chi connectivity index (χ4n) is 7.08. The number of nitrogens with zero attached hydrogens (tertiary/aromatic N) is 2. The summed E-state index contributed by atoms with van der Waals surface area (Å²) in [5, 5.41) is 0. The summed E-state index contributed by atoms with van der Waals surface area (Å²) >= 11 is 0. The summed E-state index contributed by atoms with van der Waals surface area (Å²) in [6, 6.07) is 11.1. The molecule has 0 bridgehead atoms. The molecule has 1 unspecified atom stereocenters. The SMILES string of the molecule is CCCCCCCCCCCCCCCCCC1N(CCCCCCCCCCCCCCC)C=CN1Cc1ccccc1. The van der Waals surface area contributed by atoms with Gasteiger partial charge in [-0.1, -0.05) is 211 Å². The monoisotopic (exact) mass is 609 g/mol. The summed E-state index contributed by atoms with van der Waals surface area (Å²) < 4.78 is 0. The van der Waals surface area contributed by atoms with Gasteiger partial charge in [0.2, 0.25) is 0 Å². The van der Waals surface area contributed by atoms with Crippen molar-refractivity contribution in [1.82, 2.24) is 9.80 Å². The number of hydrogen-bond acceptors (Lipinski definition) is 2. The van der Waals surface area contributed by atoms with Crippen LogP contribution in [0.3, 0.4) is 0 Å². The highest BCUT2D eigenvalue weighted by atomic mass is 15.4. The summed E-state index contributed by atoms with van der Waals surface area (Å²) in [6.07, 6.45) is 46.8. The maximum atomic E-state index is 2.67. The lowest BCUT2D eigenvalue weighted by Crippen LogP contribution is -2.38. The molecule has 1 aromatic rings. The van der Waals surface area contributed by atoms with Gasteiger partial charge in [-0.15, -0.1) is 0 Å². The van der Waals surface area contributed by atoms with Crippen molar-refractivity contribution < 1.29 is 0 Å². The third kappa shape index (κ3) is 20.6. The first kappa shape index (κ1) is 38.7. The summed E-state index contributed by atoms with van der Waals surface area (Å²) in [6.45, 7) is 6.88. The van der Waals surface area contributed by atoms with Crippen molar-refractivity contribution in [2.45, 2.75) is 213 Å². The first-order valence-corrected chi connectivity index (χ1v) is 20.1. The maximum absolute atomic E-state index is 2.67. The Bertz CT molecular complexity index is 743. The standard InChI is InChI=1S/C42H76N2/c1-3-5-7-9-11-13-15-17-18-19-21-23-25-27-32-36-42-43(38-39-44(42)40-41-34-30-29-31-35-41)37-33-28-26-24-22-20-16-14-12-10-8-6-4-2/h29-31,34-35,38-39,42H,3-28,32-33,36-37,40H2,1-2H3. The highest BCUT2D eigenvalue weighted by molar-refractivity contribution is 5.16. The minimum atomic E-state index is 0.550. The minimum absolute atomic E-state index is 0.550. The van der Waals surface area contributed by atoms with Gasteiger partial charge in [0.15, 0.2) is 0 Å². The Balaban J connectivity index is 1.53. The van der Waals surface area contributed by atoms with E-state index in [4.69, 9.17) is 0 Å². The normalized spacial score (nSPS) is 14.7. The van der Waals surface area contributed by atoms with Crippen molar-refractivity contribution in [2.24, 2.45) is 0 Å². The molecular formula is C42H76N2. The van der Waals surface area contributed by atoms with Gasteiger partial charge in [-0.3, -0.25) is 0 Å². The third-order valence-electron chi connectivity index (χ3n) is 10.0. The summed E-state index contributed by atoms with van der Waals surface area (Å²) in [5.74, 6) is 0. The fourth-order valence-corrected chi connectivity index (χ4v) is 7.08. The van der Waals surface area contributed by atoms with Crippen LogP contribution in [0.2, 0.25) is 0 Å². The van der Waals surface area contributed by atoms with Crippen LogP contribution in [-0.4, -0.2) is 22.5 Å². The molecule has 0 radical (unpaired) electrons. The molecule has 2 heteroatoms. The van der Waals surface area contributed by atoms with E-state index in [1.54, 1.807) is 0 Å². The lowest BCUT2D eigenvalue weighted by Gasteiger charge is -2.33. The van der Waals surface area contributed by atoms with Crippen LogP contribution in [0.5, 0.6) is 0 Å². The molecule has 0 aliphatic carbocycles. The molecule has 1 aliphatic rings. The molecule has 0 aromatic heterocycles. The second-order valence-corrected chi connectivity index (χ2v) is 14.2. The van der Waals surface area contributed by atoms with Crippen LogP contribution < -0.4 is 0 Å². The van der Waals surface area contributed by atoms with E-state index >= 15 is 0 Å². The van der Waals surface area contributed by atoms with E-state index in [1.165, 1.54) is 198 Å². The van der Waals surface area contributed by atoms with Crippen LogP contribution in [-0.2, 0) is 6.54 Å². The molecule has 44 heavy (non-hydrogen) atoms. The zero-order valence-corrected chi connectivity index (χ0v) is 29.9.